The number of nitrogens with one attached hydrogen (secondary N) is 1. The summed E-state index contributed by atoms with van der Waals surface area (Å²) in [7, 11) is 0. The molecule has 34 heavy (non-hydrogen) atoms. The van der Waals surface area contributed by atoms with Gasteiger partial charge in [-0.1, -0.05) is 43.8 Å². The molecule has 4 rings (SSSR count). The highest BCUT2D eigenvalue weighted by atomic mass is 32.2. The van der Waals surface area contributed by atoms with E-state index in [1.807, 2.05) is 6.07 Å². The van der Waals surface area contributed by atoms with Crippen molar-refractivity contribution in [3.63, 3.8) is 0 Å². The van der Waals surface area contributed by atoms with Gasteiger partial charge in [-0.25, -0.2) is 14.0 Å². The number of benzene rings is 2. The van der Waals surface area contributed by atoms with E-state index in [-0.39, 0.29) is 11.3 Å². The molecule has 2 aromatic carbocycles. The Hall–Kier alpha value is -2.72. The Morgan fingerprint density at radius 1 is 1.06 bits per heavy atom. The van der Waals surface area contributed by atoms with Gasteiger partial charge in [0.1, 0.15) is 5.82 Å². The van der Waals surface area contributed by atoms with Crippen molar-refractivity contribution in [1.82, 2.24) is 10.2 Å². The van der Waals surface area contributed by atoms with Gasteiger partial charge in [-0.3, -0.25) is 4.90 Å². The Kier molecular flexibility index (Phi) is 10.2. The third-order valence-corrected chi connectivity index (χ3v) is 6.87. The summed E-state index contributed by atoms with van der Waals surface area (Å²) in [6.07, 6.45) is 2.07. The molecule has 0 aliphatic carbocycles. The lowest BCUT2D eigenvalue weighted by Gasteiger charge is -2.35. The van der Waals surface area contributed by atoms with Crippen molar-refractivity contribution in [2.24, 2.45) is 0 Å². The lowest BCUT2D eigenvalue weighted by molar-refractivity contribution is -0.134. The molecule has 1 unspecified atom stereocenters. The van der Waals surface area contributed by atoms with Crippen molar-refractivity contribution < 1.29 is 29.7 Å². The average Bonchev–Trinajstić information content (AvgIpc) is 2.94. The fourth-order valence-electron chi connectivity index (χ4n) is 3.97. The van der Waals surface area contributed by atoms with Gasteiger partial charge in [-0.05, 0) is 47.2 Å². The number of carbonyl (C=O) groups is 2. The zero-order valence-corrected chi connectivity index (χ0v) is 20.1. The predicted octanol–water partition coefficient (Wildman–Crippen LogP) is 3.49. The normalized spacial score (nSPS) is 17.6. The van der Waals surface area contributed by atoms with Gasteiger partial charge in [0, 0.05) is 54.2 Å². The third-order valence-electron chi connectivity index (χ3n) is 5.68. The molecule has 2 aliphatic heterocycles. The van der Waals surface area contributed by atoms with Crippen LogP contribution in [0.5, 0.6) is 0 Å². The molecule has 1 fully saturated rings. The Morgan fingerprint density at radius 3 is 2.29 bits per heavy atom. The highest BCUT2D eigenvalue weighted by molar-refractivity contribution is 7.99. The minimum atomic E-state index is -1.26. The first-order valence-electron chi connectivity index (χ1n) is 10.9. The topological polar surface area (TPSA) is 121 Å². The Bertz CT molecular complexity index is 1020. The second kappa shape index (κ2) is 12.7. The van der Waals surface area contributed by atoms with E-state index in [4.69, 9.17) is 10.2 Å². The van der Waals surface area contributed by atoms with Crippen LogP contribution < -0.4 is 5.32 Å². The first-order valence-corrected chi connectivity index (χ1v) is 11.7. The van der Waals surface area contributed by atoms with E-state index in [1.54, 1.807) is 23.9 Å². The van der Waals surface area contributed by atoms with Gasteiger partial charge >= 0.3 is 11.9 Å². The summed E-state index contributed by atoms with van der Waals surface area (Å²) in [5.74, 6) is -2.14. The molecule has 1 atom stereocenters. The smallest absolute Gasteiger partial charge is 0.328 e. The molecule has 2 aliphatic rings. The third kappa shape index (κ3) is 7.39. The molecule has 2 heterocycles. The van der Waals surface area contributed by atoms with Crippen LogP contribution in [-0.4, -0.2) is 58.7 Å². The molecule has 0 aromatic heterocycles. The van der Waals surface area contributed by atoms with E-state index >= 15 is 0 Å². The standard InChI is InChI=1S/C21H25FN2S.C4H4O4.H2O/c1-14(2)15-4-6-20-18(11-15)19(24-9-7-23-8-10-24)12-16-3-5-17(22)13-21(16)25-20;5-3(6)1-2-4(7)8;/h3-6,11,13-14,19,23H,7-10,12H2,1-2H3;1-2H,(H,5,6)(H,7,8);1H2/b;2-1-;. The van der Waals surface area contributed by atoms with Crippen LogP contribution in [-0.2, 0) is 16.0 Å². The maximum absolute atomic E-state index is 13.8. The van der Waals surface area contributed by atoms with E-state index < -0.39 is 11.9 Å². The molecule has 7 nitrogen and oxygen atoms in total. The SMILES string of the molecule is CC(C)c1ccc2c(c1)C(N1CCNCC1)Cc1ccc(F)cc1S2.O.O=C(O)/C=C\C(=O)O. The van der Waals surface area contributed by atoms with Crippen LogP contribution in [0.4, 0.5) is 4.39 Å². The van der Waals surface area contributed by atoms with Gasteiger partial charge in [-0.2, -0.15) is 0 Å². The zero-order valence-electron chi connectivity index (χ0n) is 19.3. The van der Waals surface area contributed by atoms with Crippen LogP contribution in [0.1, 0.15) is 42.5 Å². The van der Waals surface area contributed by atoms with Gasteiger partial charge in [0.15, 0.2) is 0 Å². The quantitative estimate of drug-likeness (QED) is 0.561. The largest absolute Gasteiger partial charge is 0.478 e. The molecule has 184 valence electrons. The number of rotatable bonds is 4. The lowest BCUT2D eigenvalue weighted by atomic mass is 9.93. The second-order valence-corrected chi connectivity index (χ2v) is 9.41. The molecule has 0 amide bonds. The number of aliphatic carboxylic acids is 2. The van der Waals surface area contributed by atoms with Gasteiger partial charge in [-0.15, -0.1) is 0 Å². The van der Waals surface area contributed by atoms with E-state index in [2.05, 4.69) is 42.3 Å². The molecule has 9 heteroatoms. The summed E-state index contributed by atoms with van der Waals surface area (Å²) in [5.41, 5.74) is 4.06. The fraction of sp³-hybridized carbons (Fsp3) is 0.360. The number of carboxylic acids is 2. The van der Waals surface area contributed by atoms with E-state index in [1.165, 1.54) is 21.6 Å². The van der Waals surface area contributed by atoms with Crippen molar-refractivity contribution in [1.29, 1.82) is 0 Å². The maximum atomic E-state index is 13.8. The minimum Gasteiger partial charge on any atom is -0.478 e. The molecule has 0 saturated carbocycles. The van der Waals surface area contributed by atoms with Crippen molar-refractivity contribution in [3.05, 3.63) is 71.1 Å². The van der Waals surface area contributed by atoms with Crippen LogP contribution in [0.3, 0.4) is 0 Å². The number of hydrogen-bond acceptors (Lipinski definition) is 5. The van der Waals surface area contributed by atoms with Gasteiger partial charge < -0.3 is 21.0 Å². The number of hydrogen-bond donors (Lipinski definition) is 3. The van der Waals surface area contributed by atoms with E-state index in [0.29, 0.717) is 24.1 Å². The first-order chi connectivity index (χ1) is 15.7. The molecule has 0 spiro atoms. The molecular weight excluding hydrogens is 459 g/mol. The van der Waals surface area contributed by atoms with Crippen LogP contribution in [0, 0.1) is 5.82 Å². The van der Waals surface area contributed by atoms with Gasteiger partial charge in [0.2, 0.25) is 0 Å². The minimum absolute atomic E-state index is 0. The number of halogens is 1. The maximum Gasteiger partial charge on any atom is 0.328 e. The van der Waals surface area contributed by atoms with Crippen molar-refractivity contribution >= 4 is 23.7 Å². The highest BCUT2D eigenvalue weighted by Gasteiger charge is 2.29. The summed E-state index contributed by atoms with van der Waals surface area (Å²) in [6, 6.07) is 12.5. The second-order valence-electron chi connectivity index (χ2n) is 8.32. The molecule has 5 N–H and O–H groups in total. The first kappa shape index (κ1) is 27.5. The summed E-state index contributed by atoms with van der Waals surface area (Å²) >= 11 is 1.72. The Balaban J connectivity index is 0.000000394. The Morgan fingerprint density at radius 2 is 1.71 bits per heavy atom. The van der Waals surface area contributed by atoms with Crippen molar-refractivity contribution in [3.8, 4) is 0 Å². The van der Waals surface area contributed by atoms with Gasteiger partial charge in [0.05, 0.1) is 0 Å². The van der Waals surface area contributed by atoms with E-state index in [9.17, 15) is 14.0 Å². The number of piperazine rings is 1. The molecule has 1 saturated heterocycles. The molecule has 0 radical (unpaired) electrons. The molecule has 0 bridgehead atoms. The Labute approximate surface area is 203 Å². The summed E-state index contributed by atoms with van der Waals surface area (Å²) in [5, 5.41) is 19.1. The summed E-state index contributed by atoms with van der Waals surface area (Å²) in [4.78, 5) is 24.0. The fourth-order valence-corrected chi connectivity index (χ4v) is 5.11. The van der Waals surface area contributed by atoms with Crippen LogP contribution in [0.15, 0.2) is 58.3 Å². The van der Waals surface area contributed by atoms with Crippen LogP contribution >= 0.6 is 11.8 Å². The van der Waals surface area contributed by atoms with Crippen molar-refractivity contribution in [2.45, 2.75) is 42.0 Å². The number of fused-ring (bicyclic) bond motifs is 2. The predicted molar refractivity (Wildman–Crippen MR) is 130 cm³/mol. The average molecular weight is 491 g/mol. The lowest BCUT2D eigenvalue weighted by Crippen LogP contribution is -2.45. The highest BCUT2D eigenvalue weighted by Crippen LogP contribution is 2.44. The summed E-state index contributed by atoms with van der Waals surface area (Å²) < 4.78 is 13.8. The van der Waals surface area contributed by atoms with Crippen LogP contribution in [0.2, 0.25) is 0 Å². The zero-order chi connectivity index (χ0) is 24.0. The molecular formula is C25H31FN2O5S. The van der Waals surface area contributed by atoms with Crippen LogP contribution in [0.25, 0.3) is 0 Å². The number of nitrogens with zero attached hydrogens (tertiary/aromatic N) is 1. The molecule has 2 aromatic rings. The number of carboxylic acid groups (broad SMARTS) is 2. The van der Waals surface area contributed by atoms with Gasteiger partial charge in [0.25, 0.3) is 0 Å². The summed E-state index contributed by atoms with van der Waals surface area (Å²) in [6.45, 7) is 8.71. The van der Waals surface area contributed by atoms with Crippen molar-refractivity contribution in [2.75, 3.05) is 26.2 Å². The monoisotopic (exact) mass is 490 g/mol. The van der Waals surface area contributed by atoms with E-state index in [0.717, 1.165) is 37.5 Å².